The van der Waals surface area contributed by atoms with E-state index in [1.165, 1.54) is 7.11 Å². The summed E-state index contributed by atoms with van der Waals surface area (Å²) in [5.74, 6) is -1.82. The monoisotopic (exact) mass is 549 g/mol. The number of fused-ring (bicyclic) bond motifs is 1. The maximum Gasteiger partial charge on any atom is 0.305 e. The number of hydrogen-bond acceptors (Lipinski definition) is 6. The summed E-state index contributed by atoms with van der Waals surface area (Å²) in [6.45, 7) is 0.185. The molecule has 6 nitrogen and oxygen atoms in total. The molecule has 0 radical (unpaired) electrons. The van der Waals surface area contributed by atoms with E-state index < -0.39 is 17.3 Å². The van der Waals surface area contributed by atoms with Crippen molar-refractivity contribution in [3.05, 3.63) is 118 Å². The third-order valence-corrected chi connectivity index (χ3v) is 7.02. The van der Waals surface area contributed by atoms with Crippen LogP contribution in [0.25, 0.3) is 0 Å². The van der Waals surface area contributed by atoms with Gasteiger partial charge in [0.15, 0.2) is 11.6 Å². The lowest BCUT2D eigenvalue weighted by Gasteiger charge is -2.32. The second kappa shape index (κ2) is 11.3. The first-order chi connectivity index (χ1) is 18.9. The number of aromatic nitrogens is 1. The molecule has 0 aliphatic carbocycles. The van der Waals surface area contributed by atoms with Crippen molar-refractivity contribution in [2.45, 2.75) is 31.5 Å². The topological polar surface area (TPSA) is 72.5 Å². The fourth-order valence-corrected chi connectivity index (χ4v) is 4.82. The molecule has 0 saturated carbocycles. The summed E-state index contributed by atoms with van der Waals surface area (Å²) >= 11 is 6.32. The molecule has 1 aliphatic rings. The quantitative estimate of drug-likeness (QED) is 0.228. The number of ether oxygens (including phenoxy) is 2. The Morgan fingerprint density at radius 1 is 0.949 bits per heavy atom. The minimum absolute atomic E-state index is 0.185. The number of methoxy groups -OCH3 is 1. The summed E-state index contributed by atoms with van der Waals surface area (Å²) in [6, 6.07) is 21.1. The fraction of sp³-hybridized carbons (Fsp3) is 0.200. The summed E-state index contributed by atoms with van der Waals surface area (Å²) in [5.41, 5.74) is 3.19. The normalized spacial score (nSPS) is 13.2. The number of rotatable bonds is 9. The first kappa shape index (κ1) is 26.4. The van der Waals surface area contributed by atoms with Crippen molar-refractivity contribution < 1.29 is 23.0 Å². The van der Waals surface area contributed by atoms with Crippen LogP contribution in [-0.2, 0) is 34.6 Å². The van der Waals surface area contributed by atoms with Gasteiger partial charge in [-0.05, 0) is 35.7 Å². The molecule has 0 amide bonds. The second-order valence-electron chi connectivity index (χ2n) is 9.27. The molecule has 39 heavy (non-hydrogen) atoms. The van der Waals surface area contributed by atoms with E-state index in [4.69, 9.17) is 21.1 Å². The lowest BCUT2D eigenvalue weighted by Crippen LogP contribution is -2.41. The van der Waals surface area contributed by atoms with Crippen LogP contribution in [0.3, 0.4) is 0 Å². The summed E-state index contributed by atoms with van der Waals surface area (Å²) in [6.07, 6.45) is 2.85. The van der Waals surface area contributed by atoms with Crippen molar-refractivity contribution in [1.82, 2.24) is 4.98 Å². The molecule has 5 rings (SSSR count). The van der Waals surface area contributed by atoms with Crippen molar-refractivity contribution in [1.29, 1.82) is 0 Å². The largest absolute Gasteiger partial charge is 0.472 e. The lowest BCUT2D eigenvalue weighted by molar-refractivity contribution is -0.140. The third kappa shape index (κ3) is 5.81. The van der Waals surface area contributed by atoms with E-state index in [0.717, 1.165) is 28.8 Å². The van der Waals surface area contributed by atoms with Crippen LogP contribution in [-0.4, -0.2) is 18.1 Å². The van der Waals surface area contributed by atoms with Crippen LogP contribution in [0.15, 0.2) is 79.0 Å². The van der Waals surface area contributed by atoms with Crippen molar-refractivity contribution in [2.24, 2.45) is 0 Å². The molecular formula is C30H26ClF2N3O3. The molecule has 0 spiro atoms. The number of pyridine rings is 1. The van der Waals surface area contributed by atoms with Crippen LogP contribution < -0.4 is 15.4 Å². The summed E-state index contributed by atoms with van der Waals surface area (Å²) in [4.78, 5) is 16.0. The van der Waals surface area contributed by atoms with Gasteiger partial charge in [-0.3, -0.25) is 4.79 Å². The molecule has 0 fully saturated rings. The van der Waals surface area contributed by atoms with E-state index in [9.17, 15) is 13.6 Å². The maximum atomic E-state index is 14.2. The summed E-state index contributed by atoms with van der Waals surface area (Å²) < 4.78 is 39.2. The van der Waals surface area contributed by atoms with Crippen LogP contribution in [0.1, 0.15) is 28.7 Å². The Hall–Kier alpha value is -4.17. The van der Waals surface area contributed by atoms with Crippen molar-refractivity contribution in [2.75, 3.05) is 17.7 Å². The Morgan fingerprint density at radius 2 is 1.62 bits per heavy atom. The highest BCUT2D eigenvalue weighted by Gasteiger charge is 2.41. The third-order valence-electron chi connectivity index (χ3n) is 6.65. The van der Waals surface area contributed by atoms with Crippen LogP contribution >= 0.6 is 11.6 Å². The van der Waals surface area contributed by atoms with Gasteiger partial charge in [0.1, 0.15) is 12.3 Å². The number of benzene rings is 3. The summed E-state index contributed by atoms with van der Waals surface area (Å²) in [7, 11) is 1.37. The van der Waals surface area contributed by atoms with Crippen molar-refractivity contribution in [3.8, 4) is 5.88 Å². The zero-order valence-electron chi connectivity index (χ0n) is 21.1. The standard InChI is InChI=1S/C30H26ClF2N3O3/c1-38-28(37)13-12-19-8-10-20(11-9-19)17-30(35-26-15-24(32)25(33)16-27(26)36-30)22-6-4-14-34-29(22)39-18-21-5-2-3-7-23(21)31/h2-11,14-16,35-36H,12-13,17-18H2,1H3. The van der Waals surface area contributed by atoms with Gasteiger partial charge in [-0.1, -0.05) is 54.1 Å². The summed E-state index contributed by atoms with van der Waals surface area (Å²) in [5, 5.41) is 7.31. The van der Waals surface area contributed by atoms with E-state index in [2.05, 4.69) is 15.6 Å². The number of carbonyl (C=O) groups excluding carboxylic acids is 1. The van der Waals surface area contributed by atoms with Gasteiger partial charge >= 0.3 is 5.97 Å². The number of anilines is 2. The first-order valence-electron chi connectivity index (χ1n) is 12.4. The van der Waals surface area contributed by atoms with E-state index in [-0.39, 0.29) is 19.0 Å². The van der Waals surface area contributed by atoms with Crippen LogP contribution in [0.2, 0.25) is 5.02 Å². The zero-order valence-corrected chi connectivity index (χ0v) is 21.9. The highest BCUT2D eigenvalue weighted by atomic mass is 35.5. The van der Waals surface area contributed by atoms with Gasteiger partial charge < -0.3 is 20.1 Å². The minimum Gasteiger partial charge on any atom is -0.472 e. The fourth-order valence-electron chi connectivity index (χ4n) is 4.63. The molecule has 1 aromatic heterocycles. The van der Waals surface area contributed by atoms with Gasteiger partial charge in [-0.2, -0.15) is 0 Å². The number of aryl methyl sites for hydroxylation is 1. The molecule has 200 valence electrons. The molecule has 2 heterocycles. The Kier molecular flexibility index (Phi) is 7.65. The number of halogens is 3. The SMILES string of the molecule is COC(=O)CCc1ccc(CC2(c3cccnc3OCc3ccccc3Cl)Nc3cc(F)c(F)cc3N2)cc1. The van der Waals surface area contributed by atoms with Gasteiger partial charge in [0, 0.05) is 41.8 Å². The number of nitrogens with zero attached hydrogens (tertiary/aromatic N) is 1. The lowest BCUT2D eigenvalue weighted by atomic mass is 9.92. The average molecular weight is 550 g/mol. The van der Waals surface area contributed by atoms with Crippen molar-refractivity contribution >= 4 is 28.9 Å². The van der Waals surface area contributed by atoms with Gasteiger partial charge in [0.05, 0.1) is 24.0 Å². The van der Waals surface area contributed by atoms with Crippen LogP contribution in [0, 0.1) is 11.6 Å². The molecule has 0 unspecified atom stereocenters. The average Bonchev–Trinajstić information content (AvgIpc) is 3.29. The Bertz CT molecular complexity index is 1470. The van der Waals surface area contributed by atoms with E-state index in [0.29, 0.717) is 40.7 Å². The predicted octanol–water partition coefficient (Wildman–Crippen LogP) is 6.63. The Balaban J connectivity index is 1.47. The zero-order chi connectivity index (χ0) is 27.4. The minimum atomic E-state index is -1.03. The Labute approximate surface area is 229 Å². The number of hydrogen-bond donors (Lipinski definition) is 2. The highest BCUT2D eigenvalue weighted by Crippen LogP contribution is 2.44. The van der Waals surface area contributed by atoms with Crippen LogP contribution in [0.4, 0.5) is 20.2 Å². The van der Waals surface area contributed by atoms with Gasteiger partial charge in [0.2, 0.25) is 5.88 Å². The first-order valence-corrected chi connectivity index (χ1v) is 12.8. The van der Waals surface area contributed by atoms with Gasteiger partial charge in [-0.25, -0.2) is 13.8 Å². The maximum absolute atomic E-state index is 14.2. The molecular weight excluding hydrogens is 524 g/mol. The predicted molar refractivity (Wildman–Crippen MR) is 146 cm³/mol. The van der Waals surface area contributed by atoms with Crippen LogP contribution in [0.5, 0.6) is 5.88 Å². The molecule has 1 aliphatic heterocycles. The number of nitrogens with one attached hydrogen (secondary N) is 2. The Morgan fingerprint density at radius 3 is 2.28 bits per heavy atom. The molecule has 4 aromatic rings. The highest BCUT2D eigenvalue weighted by molar-refractivity contribution is 6.31. The molecule has 0 bridgehead atoms. The van der Waals surface area contributed by atoms with E-state index in [1.807, 2.05) is 48.5 Å². The number of esters is 1. The number of carbonyl (C=O) groups is 1. The molecule has 2 N–H and O–H groups in total. The van der Waals surface area contributed by atoms with Gasteiger partial charge in [-0.15, -0.1) is 0 Å². The molecule has 0 saturated heterocycles. The van der Waals surface area contributed by atoms with E-state index in [1.54, 1.807) is 18.3 Å². The molecule has 3 aromatic carbocycles. The molecule has 9 heteroatoms. The second-order valence-corrected chi connectivity index (χ2v) is 9.68. The van der Waals surface area contributed by atoms with Gasteiger partial charge in [0.25, 0.3) is 0 Å². The van der Waals surface area contributed by atoms with Crippen molar-refractivity contribution in [3.63, 3.8) is 0 Å². The smallest absolute Gasteiger partial charge is 0.305 e. The van der Waals surface area contributed by atoms with E-state index >= 15 is 0 Å². The molecule has 0 atom stereocenters.